The molecule has 1 N–H and O–H groups in total. The molecule has 0 fully saturated rings. The van der Waals surface area contributed by atoms with Crippen molar-refractivity contribution in [2.75, 3.05) is 13.2 Å². The fraction of sp³-hybridized carbons (Fsp3) is 0.951. The van der Waals surface area contributed by atoms with E-state index < -0.39 is 6.10 Å². The van der Waals surface area contributed by atoms with E-state index >= 15 is 0 Å². The van der Waals surface area contributed by atoms with E-state index in [1.807, 2.05) is 0 Å². The molecule has 1 atom stereocenters. The van der Waals surface area contributed by atoms with Crippen LogP contribution < -0.4 is 0 Å². The first-order valence-electron chi connectivity index (χ1n) is 20.6. The normalized spacial score (nSPS) is 12.0. The summed E-state index contributed by atoms with van der Waals surface area (Å²) in [5.41, 5.74) is 0. The molecule has 0 aliphatic carbocycles. The first-order valence-corrected chi connectivity index (χ1v) is 20.6. The zero-order chi connectivity index (χ0) is 33.6. The minimum atomic E-state index is -0.954. The van der Waals surface area contributed by atoms with Crippen molar-refractivity contribution in [1.29, 1.82) is 0 Å². The lowest BCUT2D eigenvalue weighted by Crippen LogP contribution is -2.25. The van der Waals surface area contributed by atoms with E-state index in [2.05, 4.69) is 13.8 Å². The molecule has 0 heterocycles. The maximum atomic E-state index is 12.0. The molecule has 0 spiro atoms. The Hall–Kier alpha value is -1.10. The van der Waals surface area contributed by atoms with Crippen molar-refractivity contribution in [1.82, 2.24) is 0 Å². The highest BCUT2D eigenvalue weighted by Gasteiger charge is 2.12. The summed E-state index contributed by atoms with van der Waals surface area (Å²) in [5.74, 6) is -0.548. The number of hydrogen-bond acceptors (Lipinski definition) is 5. The SMILES string of the molecule is CCCCCCCCCCCCCCCCCCCC(=O)OC[C@@H](O)COC(=O)CCCCCCCCCCCCCCCCC. The molecule has 46 heavy (non-hydrogen) atoms. The van der Waals surface area contributed by atoms with Gasteiger partial charge in [-0.25, -0.2) is 0 Å². The van der Waals surface area contributed by atoms with Crippen LogP contribution in [0.4, 0.5) is 0 Å². The molecule has 0 amide bonds. The topological polar surface area (TPSA) is 72.8 Å². The highest BCUT2D eigenvalue weighted by atomic mass is 16.6. The lowest BCUT2D eigenvalue weighted by Gasteiger charge is -2.12. The van der Waals surface area contributed by atoms with Crippen molar-refractivity contribution in [3.63, 3.8) is 0 Å². The second-order valence-corrected chi connectivity index (χ2v) is 14.1. The highest BCUT2D eigenvalue weighted by molar-refractivity contribution is 5.69. The van der Waals surface area contributed by atoms with Crippen LogP contribution in [-0.2, 0) is 19.1 Å². The van der Waals surface area contributed by atoms with Crippen molar-refractivity contribution in [2.45, 2.75) is 238 Å². The average Bonchev–Trinajstić information content (AvgIpc) is 3.06. The highest BCUT2D eigenvalue weighted by Crippen LogP contribution is 2.16. The van der Waals surface area contributed by atoms with E-state index in [1.54, 1.807) is 0 Å². The second-order valence-electron chi connectivity index (χ2n) is 14.1. The lowest BCUT2D eigenvalue weighted by atomic mass is 10.0. The van der Waals surface area contributed by atoms with E-state index in [4.69, 9.17) is 9.47 Å². The fourth-order valence-electron chi connectivity index (χ4n) is 6.21. The Kier molecular flexibility index (Phi) is 37.4. The van der Waals surface area contributed by atoms with Gasteiger partial charge in [-0.2, -0.15) is 0 Å². The molecule has 0 aromatic carbocycles. The summed E-state index contributed by atoms with van der Waals surface area (Å²) in [6.45, 7) is 4.33. The van der Waals surface area contributed by atoms with Gasteiger partial charge < -0.3 is 14.6 Å². The van der Waals surface area contributed by atoms with E-state index in [0.717, 1.165) is 25.7 Å². The molecule has 5 nitrogen and oxygen atoms in total. The largest absolute Gasteiger partial charge is 0.463 e. The number of unbranched alkanes of at least 4 members (excludes halogenated alkanes) is 30. The lowest BCUT2D eigenvalue weighted by molar-refractivity contribution is -0.152. The van der Waals surface area contributed by atoms with Gasteiger partial charge in [0.2, 0.25) is 0 Å². The summed E-state index contributed by atoms with van der Waals surface area (Å²) in [4.78, 5) is 23.9. The fourth-order valence-corrected chi connectivity index (χ4v) is 6.21. The van der Waals surface area contributed by atoms with Gasteiger partial charge in [-0.05, 0) is 12.8 Å². The standard InChI is InChI=1S/C41H80O5/c1-3-5-7-9-11-13-15-17-19-20-22-24-26-28-30-32-34-36-41(44)46-38-39(42)37-45-40(43)35-33-31-29-27-25-23-21-18-16-14-12-10-8-6-4-2/h39,42H,3-38H2,1-2H3/t39-/m0/s1. The van der Waals surface area contributed by atoms with Gasteiger partial charge in [-0.15, -0.1) is 0 Å². The van der Waals surface area contributed by atoms with Gasteiger partial charge in [0, 0.05) is 12.8 Å². The predicted octanol–water partition coefficient (Wildman–Crippen LogP) is 12.7. The first-order chi connectivity index (χ1) is 22.6. The van der Waals surface area contributed by atoms with Crippen molar-refractivity contribution in [3.8, 4) is 0 Å². The maximum Gasteiger partial charge on any atom is 0.305 e. The van der Waals surface area contributed by atoms with Crippen molar-refractivity contribution < 1.29 is 24.2 Å². The molecule has 274 valence electrons. The number of ether oxygens (including phenoxy) is 2. The molecule has 0 unspecified atom stereocenters. The number of esters is 2. The van der Waals surface area contributed by atoms with Gasteiger partial charge in [0.05, 0.1) is 0 Å². The van der Waals surface area contributed by atoms with Gasteiger partial charge in [0.25, 0.3) is 0 Å². The van der Waals surface area contributed by atoms with E-state index in [-0.39, 0.29) is 25.2 Å². The van der Waals surface area contributed by atoms with Gasteiger partial charge >= 0.3 is 11.9 Å². The maximum absolute atomic E-state index is 12.0. The van der Waals surface area contributed by atoms with Crippen molar-refractivity contribution in [3.05, 3.63) is 0 Å². The molecule has 0 aliphatic rings. The third-order valence-corrected chi connectivity index (χ3v) is 9.34. The molecule has 0 saturated carbocycles. The van der Waals surface area contributed by atoms with Crippen molar-refractivity contribution >= 4 is 11.9 Å². The average molecular weight is 653 g/mol. The molecular formula is C41H80O5. The van der Waals surface area contributed by atoms with Gasteiger partial charge in [0.15, 0.2) is 0 Å². The zero-order valence-corrected chi connectivity index (χ0v) is 31.1. The predicted molar refractivity (Wildman–Crippen MR) is 196 cm³/mol. The van der Waals surface area contributed by atoms with Crippen LogP contribution in [0.2, 0.25) is 0 Å². The van der Waals surface area contributed by atoms with Crippen LogP contribution in [-0.4, -0.2) is 36.4 Å². The van der Waals surface area contributed by atoms with Crippen LogP contribution in [0.15, 0.2) is 0 Å². The van der Waals surface area contributed by atoms with Gasteiger partial charge in [-0.3, -0.25) is 9.59 Å². The van der Waals surface area contributed by atoms with Crippen LogP contribution in [0, 0.1) is 0 Å². The minimum Gasteiger partial charge on any atom is -0.463 e. The smallest absolute Gasteiger partial charge is 0.305 e. The first kappa shape index (κ1) is 44.9. The Balaban J connectivity index is 3.36. The van der Waals surface area contributed by atoms with E-state index in [1.165, 1.54) is 180 Å². The number of carbonyl (C=O) groups excluding carboxylic acids is 2. The Bertz CT molecular complexity index is 622. The van der Waals surface area contributed by atoms with E-state index in [0.29, 0.717) is 12.8 Å². The Labute approximate surface area is 287 Å². The molecule has 5 heteroatoms. The second kappa shape index (κ2) is 38.3. The molecule has 0 aromatic rings. The molecule has 0 aliphatic heterocycles. The van der Waals surface area contributed by atoms with Crippen LogP contribution in [0.1, 0.15) is 232 Å². The molecule has 0 bridgehead atoms. The summed E-state index contributed by atoms with van der Waals surface area (Å²) in [7, 11) is 0. The Morgan fingerprint density at radius 3 is 0.783 bits per heavy atom. The van der Waals surface area contributed by atoms with E-state index in [9.17, 15) is 14.7 Å². The number of aliphatic hydroxyl groups excluding tert-OH is 1. The monoisotopic (exact) mass is 653 g/mol. The van der Waals surface area contributed by atoms with Crippen molar-refractivity contribution in [2.24, 2.45) is 0 Å². The zero-order valence-electron chi connectivity index (χ0n) is 31.1. The molecule has 0 radical (unpaired) electrons. The molecule has 0 rings (SSSR count). The minimum absolute atomic E-state index is 0.107. The van der Waals surface area contributed by atoms with Crippen LogP contribution in [0.25, 0.3) is 0 Å². The molecular weight excluding hydrogens is 572 g/mol. The summed E-state index contributed by atoms with van der Waals surface area (Å²) in [5, 5.41) is 10.0. The third kappa shape index (κ3) is 37.4. The molecule has 0 saturated heterocycles. The number of rotatable bonds is 38. The number of hydrogen-bond donors (Lipinski definition) is 1. The summed E-state index contributed by atoms with van der Waals surface area (Å²) in [6.07, 6.45) is 41.6. The van der Waals surface area contributed by atoms with Crippen LogP contribution in [0.5, 0.6) is 0 Å². The number of aliphatic hydroxyl groups is 1. The van der Waals surface area contributed by atoms with Gasteiger partial charge in [-0.1, -0.05) is 206 Å². The summed E-state index contributed by atoms with van der Waals surface area (Å²) >= 11 is 0. The van der Waals surface area contributed by atoms with Crippen LogP contribution >= 0.6 is 0 Å². The van der Waals surface area contributed by atoms with Gasteiger partial charge in [0.1, 0.15) is 19.3 Å². The summed E-state index contributed by atoms with van der Waals surface area (Å²) in [6, 6.07) is 0. The quantitative estimate of drug-likeness (QED) is 0.0531. The Morgan fingerprint density at radius 2 is 0.565 bits per heavy atom. The Morgan fingerprint density at radius 1 is 0.370 bits per heavy atom. The summed E-state index contributed by atoms with van der Waals surface area (Å²) < 4.78 is 10.3. The third-order valence-electron chi connectivity index (χ3n) is 9.34. The number of carbonyl (C=O) groups is 2. The molecule has 0 aromatic heterocycles. The van der Waals surface area contributed by atoms with Crippen LogP contribution in [0.3, 0.4) is 0 Å².